The van der Waals surface area contributed by atoms with Gasteiger partial charge >= 0.3 is 18.2 Å². The molecule has 19 heavy (non-hydrogen) atoms. The number of piperidine rings is 1. The van der Waals surface area contributed by atoms with Crippen molar-refractivity contribution in [2.24, 2.45) is 5.92 Å². The molecule has 1 fully saturated rings. The highest BCUT2D eigenvalue weighted by Crippen LogP contribution is 2.33. The first-order valence-electron chi connectivity index (χ1n) is 6.10. The first-order chi connectivity index (χ1) is 8.75. The minimum Gasteiger partial charge on any atom is -0.480 e. The summed E-state index contributed by atoms with van der Waals surface area (Å²) < 4.78 is 37.3. The SMILES string of the molecule is CCC(NC(=O)N1CCC(C(F)(F)F)CC1)C(=O)O. The number of halogens is 3. The van der Waals surface area contributed by atoms with E-state index in [0.717, 1.165) is 0 Å². The Morgan fingerprint density at radius 3 is 2.26 bits per heavy atom. The first-order valence-corrected chi connectivity index (χ1v) is 6.10. The Balaban J connectivity index is 2.47. The lowest BCUT2D eigenvalue weighted by Crippen LogP contribution is -2.51. The molecular weight excluding hydrogens is 265 g/mol. The number of alkyl halides is 3. The van der Waals surface area contributed by atoms with E-state index >= 15 is 0 Å². The van der Waals surface area contributed by atoms with Crippen LogP contribution >= 0.6 is 0 Å². The van der Waals surface area contributed by atoms with Crippen molar-refractivity contribution in [3.63, 3.8) is 0 Å². The Morgan fingerprint density at radius 2 is 1.89 bits per heavy atom. The molecule has 1 heterocycles. The summed E-state index contributed by atoms with van der Waals surface area (Å²) in [6.45, 7) is 1.59. The normalized spacial score (nSPS) is 19.1. The van der Waals surface area contributed by atoms with Gasteiger partial charge in [-0.15, -0.1) is 0 Å². The van der Waals surface area contributed by atoms with Crippen molar-refractivity contribution in [3.05, 3.63) is 0 Å². The first kappa shape index (κ1) is 15.6. The zero-order valence-corrected chi connectivity index (χ0v) is 10.5. The van der Waals surface area contributed by atoms with E-state index in [1.165, 1.54) is 4.90 Å². The third-order valence-electron chi connectivity index (χ3n) is 3.25. The summed E-state index contributed by atoms with van der Waals surface area (Å²) in [7, 11) is 0. The molecule has 0 spiro atoms. The van der Waals surface area contributed by atoms with Crippen LogP contribution in [0.3, 0.4) is 0 Å². The van der Waals surface area contributed by atoms with Gasteiger partial charge in [0.2, 0.25) is 0 Å². The van der Waals surface area contributed by atoms with Crippen molar-refractivity contribution in [1.82, 2.24) is 10.2 Å². The third kappa shape index (κ3) is 4.29. The second-order valence-corrected chi connectivity index (χ2v) is 4.55. The standard InChI is InChI=1S/C11H17F3N2O3/c1-2-8(9(17)18)15-10(19)16-5-3-7(4-6-16)11(12,13)14/h7-8H,2-6H2,1H3,(H,15,19)(H,17,18). The highest BCUT2D eigenvalue weighted by atomic mass is 19.4. The molecule has 0 saturated carbocycles. The van der Waals surface area contributed by atoms with Gasteiger partial charge in [0.15, 0.2) is 0 Å². The molecule has 0 aromatic heterocycles. The monoisotopic (exact) mass is 282 g/mol. The minimum atomic E-state index is -4.23. The highest BCUT2D eigenvalue weighted by molar-refractivity contribution is 5.82. The lowest BCUT2D eigenvalue weighted by atomic mass is 9.96. The van der Waals surface area contributed by atoms with Gasteiger partial charge in [-0.2, -0.15) is 13.2 Å². The van der Waals surface area contributed by atoms with E-state index in [-0.39, 0.29) is 32.4 Å². The van der Waals surface area contributed by atoms with E-state index < -0.39 is 30.1 Å². The smallest absolute Gasteiger partial charge is 0.391 e. The summed E-state index contributed by atoms with van der Waals surface area (Å²) in [5.74, 6) is -2.53. The Morgan fingerprint density at radius 1 is 1.37 bits per heavy atom. The Kier molecular flexibility index (Phi) is 5.02. The van der Waals surface area contributed by atoms with E-state index in [0.29, 0.717) is 0 Å². The molecule has 5 nitrogen and oxygen atoms in total. The summed E-state index contributed by atoms with van der Waals surface area (Å²) in [5, 5.41) is 11.1. The predicted octanol–water partition coefficient (Wildman–Crippen LogP) is 1.83. The van der Waals surface area contributed by atoms with Gasteiger partial charge in [-0.3, -0.25) is 0 Å². The van der Waals surface area contributed by atoms with Gasteiger partial charge < -0.3 is 15.3 Å². The molecule has 0 aliphatic carbocycles. The molecule has 1 rings (SSSR count). The number of carbonyl (C=O) groups excluding carboxylic acids is 1. The molecule has 8 heteroatoms. The van der Waals surface area contributed by atoms with E-state index in [4.69, 9.17) is 5.11 Å². The molecule has 0 bridgehead atoms. The number of nitrogens with one attached hydrogen (secondary N) is 1. The molecule has 0 radical (unpaired) electrons. The van der Waals surface area contributed by atoms with Crippen LogP contribution in [-0.4, -0.2) is 47.3 Å². The number of hydrogen-bond donors (Lipinski definition) is 2. The maximum absolute atomic E-state index is 12.4. The number of likely N-dealkylation sites (tertiary alicyclic amines) is 1. The lowest BCUT2D eigenvalue weighted by Gasteiger charge is -2.33. The fourth-order valence-corrected chi connectivity index (χ4v) is 1.99. The van der Waals surface area contributed by atoms with Crippen LogP contribution in [0.4, 0.5) is 18.0 Å². The number of nitrogens with zero attached hydrogens (tertiary/aromatic N) is 1. The number of carbonyl (C=O) groups is 2. The number of carboxylic acid groups (broad SMARTS) is 1. The number of hydrogen-bond acceptors (Lipinski definition) is 2. The summed E-state index contributed by atoms with van der Waals surface area (Å²) in [6.07, 6.45) is -4.28. The zero-order chi connectivity index (χ0) is 14.6. The fourth-order valence-electron chi connectivity index (χ4n) is 1.99. The molecule has 1 unspecified atom stereocenters. The Labute approximate surface area is 108 Å². The molecule has 0 aromatic rings. The third-order valence-corrected chi connectivity index (χ3v) is 3.25. The van der Waals surface area contributed by atoms with E-state index in [1.54, 1.807) is 6.92 Å². The second-order valence-electron chi connectivity index (χ2n) is 4.55. The maximum Gasteiger partial charge on any atom is 0.391 e. The van der Waals surface area contributed by atoms with Crippen molar-refractivity contribution in [1.29, 1.82) is 0 Å². The Bertz CT molecular complexity index is 339. The van der Waals surface area contributed by atoms with Crippen LogP contribution in [0.1, 0.15) is 26.2 Å². The molecule has 1 atom stereocenters. The van der Waals surface area contributed by atoms with Crippen molar-refractivity contribution < 1.29 is 27.9 Å². The predicted molar refractivity (Wildman–Crippen MR) is 60.6 cm³/mol. The largest absolute Gasteiger partial charge is 0.480 e. The number of carboxylic acids is 1. The van der Waals surface area contributed by atoms with Gasteiger partial charge in [-0.05, 0) is 19.3 Å². The number of aliphatic carboxylic acids is 1. The topological polar surface area (TPSA) is 69.6 Å². The quantitative estimate of drug-likeness (QED) is 0.829. The van der Waals surface area contributed by atoms with E-state index in [9.17, 15) is 22.8 Å². The second kappa shape index (κ2) is 6.12. The summed E-state index contributed by atoms with van der Waals surface area (Å²) in [5.41, 5.74) is 0. The summed E-state index contributed by atoms with van der Waals surface area (Å²) in [4.78, 5) is 23.7. The molecular formula is C11H17F3N2O3. The van der Waals surface area contributed by atoms with Gasteiger partial charge in [-0.1, -0.05) is 6.92 Å². The number of amides is 2. The molecule has 1 aliphatic rings. The highest BCUT2D eigenvalue weighted by Gasteiger charge is 2.41. The Hall–Kier alpha value is -1.47. The van der Waals surface area contributed by atoms with Gasteiger partial charge in [0, 0.05) is 13.1 Å². The van der Waals surface area contributed by atoms with Crippen LogP contribution in [0.25, 0.3) is 0 Å². The van der Waals surface area contributed by atoms with Crippen LogP contribution < -0.4 is 5.32 Å². The van der Waals surface area contributed by atoms with Crippen molar-refractivity contribution in [2.45, 2.75) is 38.4 Å². The number of rotatable bonds is 3. The summed E-state index contributed by atoms with van der Waals surface area (Å²) in [6, 6.07) is -1.62. The molecule has 110 valence electrons. The van der Waals surface area contributed by atoms with Crippen LogP contribution in [0.2, 0.25) is 0 Å². The maximum atomic E-state index is 12.4. The van der Waals surface area contributed by atoms with Gasteiger partial charge in [0.05, 0.1) is 5.92 Å². The minimum absolute atomic E-state index is 0.00787. The van der Waals surface area contributed by atoms with Crippen molar-refractivity contribution >= 4 is 12.0 Å². The van der Waals surface area contributed by atoms with E-state index in [2.05, 4.69) is 5.32 Å². The van der Waals surface area contributed by atoms with Crippen LogP contribution in [0.15, 0.2) is 0 Å². The average Bonchev–Trinajstić information content (AvgIpc) is 2.34. The zero-order valence-electron chi connectivity index (χ0n) is 10.5. The molecule has 2 amide bonds. The lowest BCUT2D eigenvalue weighted by molar-refractivity contribution is -0.183. The van der Waals surface area contributed by atoms with Crippen molar-refractivity contribution in [2.75, 3.05) is 13.1 Å². The molecule has 2 N–H and O–H groups in total. The molecule has 1 aliphatic heterocycles. The van der Waals surface area contributed by atoms with Crippen molar-refractivity contribution in [3.8, 4) is 0 Å². The molecule has 0 aromatic carbocycles. The van der Waals surface area contributed by atoms with E-state index in [1.807, 2.05) is 0 Å². The van der Waals surface area contributed by atoms with Crippen LogP contribution in [0, 0.1) is 5.92 Å². The van der Waals surface area contributed by atoms with Crippen LogP contribution in [-0.2, 0) is 4.79 Å². The van der Waals surface area contributed by atoms with Crippen LogP contribution in [0.5, 0.6) is 0 Å². The summed E-state index contributed by atoms with van der Waals surface area (Å²) >= 11 is 0. The number of urea groups is 1. The van der Waals surface area contributed by atoms with Gasteiger partial charge in [-0.25, -0.2) is 9.59 Å². The fraction of sp³-hybridized carbons (Fsp3) is 0.818. The van der Waals surface area contributed by atoms with Gasteiger partial charge in [0.25, 0.3) is 0 Å². The van der Waals surface area contributed by atoms with Gasteiger partial charge in [0.1, 0.15) is 6.04 Å². The average molecular weight is 282 g/mol. The molecule has 1 saturated heterocycles.